The van der Waals surface area contributed by atoms with E-state index in [1.54, 1.807) is 0 Å². The van der Waals surface area contributed by atoms with E-state index in [4.69, 9.17) is 0 Å². The van der Waals surface area contributed by atoms with Crippen molar-refractivity contribution >= 4 is 17.7 Å². The minimum Gasteiger partial charge on any atom is -0.339 e. The van der Waals surface area contributed by atoms with Crippen LogP contribution in [0, 0.1) is 13.8 Å². The Hall–Kier alpha value is -0.960. The van der Waals surface area contributed by atoms with E-state index in [2.05, 4.69) is 6.07 Å². The predicted octanol–water partition coefficient (Wildman–Crippen LogP) is 3.27. The third-order valence-corrected chi connectivity index (χ3v) is 4.73. The highest BCUT2D eigenvalue weighted by Gasteiger charge is 2.23. The van der Waals surface area contributed by atoms with Gasteiger partial charge in [-0.3, -0.25) is 4.79 Å². The molecule has 2 nitrogen and oxygen atoms in total. The van der Waals surface area contributed by atoms with E-state index in [0.717, 1.165) is 29.5 Å². The summed E-state index contributed by atoms with van der Waals surface area (Å²) in [6, 6.07) is 6.51. The number of rotatable bonds is 2. The summed E-state index contributed by atoms with van der Waals surface area (Å²) in [5.74, 6) is 2.53. The Balaban J connectivity index is 2.16. The molecule has 0 N–H and O–H groups in total. The normalized spacial score (nSPS) is 16.6. The van der Waals surface area contributed by atoms with Gasteiger partial charge >= 0.3 is 0 Å². The van der Waals surface area contributed by atoms with Crippen LogP contribution in [0.4, 0.5) is 0 Å². The van der Waals surface area contributed by atoms with Gasteiger partial charge in [0.1, 0.15) is 0 Å². The highest BCUT2D eigenvalue weighted by atomic mass is 32.2. The first kappa shape index (κ1) is 13.5. The molecule has 1 aliphatic heterocycles. The molecule has 0 aliphatic carbocycles. The zero-order chi connectivity index (χ0) is 13.1. The fourth-order valence-electron chi connectivity index (χ4n) is 2.39. The fourth-order valence-corrected chi connectivity index (χ4v) is 3.48. The molecule has 0 atom stereocenters. The molecule has 1 amide bonds. The lowest BCUT2D eigenvalue weighted by molar-refractivity contribution is 0.0722. The van der Waals surface area contributed by atoms with Crippen molar-refractivity contribution in [2.45, 2.75) is 32.7 Å². The second kappa shape index (κ2) is 5.79. The molecule has 1 aromatic rings. The van der Waals surface area contributed by atoms with Crippen LogP contribution < -0.4 is 0 Å². The van der Waals surface area contributed by atoms with Gasteiger partial charge in [-0.15, -0.1) is 0 Å². The second-order valence-electron chi connectivity index (χ2n) is 5.08. The summed E-state index contributed by atoms with van der Waals surface area (Å²) in [5, 5.41) is 0. The van der Waals surface area contributed by atoms with Crippen molar-refractivity contribution in [3.8, 4) is 0 Å². The molecule has 0 saturated carbocycles. The van der Waals surface area contributed by atoms with Crippen molar-refractivity contribution in [2.24, 2.45) is 0 Å². The third-order valence-electron chi connectivity index (χ3n) is 3.68. The van der Waals surface area contributed by atoms with Crippen molar-refractivity contribution in [3.05, 3.63) is 34.9 Å². The van der Waals surface area contributed by atoms with E-state index in [1.165, 1.54) is 11.5 Å². The van der Waals surface area contributed by atoms with Crippen molar-refractivity contribution in [2.75, 3.05) is 18.6 Å². The fraction of sp³-hybridized carbons (Fsp3) is 0.533. The van der Waals surface area contributed by atoms with Gasteiger partial charge in [-0.25, -0.2) is 0 Å². The highest BCUT2D eigenvalue weighted by Crippen LogP contribution is 2.23. The van der Waals surface area contributed by atoms with E-state index in [-0.39, 0.29) is 5.91 Å². The first-order chi connectivity index (χ1) is 8.59. The second-order valence-corrected chi connectivity index (χ2v) is 6.30. The van der Waals surface area contributed by atoms with Gasteiger partial charge in [-0.05, 0) is 49.8 Å². The maximum atomic E-state index is 12.5. The smallest absolute Gasteiger partial charge is 0.254 e. The lowest BCUT2D eigenvalue weighted by atomic mass is 10.0. The third kappa shape index (κ3) is 2.89. The average Bonchev–Trinajstić information content (AvgIpc) is 2.41. The number of hydrogen-bond donors (Lipinski definition) is 0. The quantitative estimate of drug-likeness (QED) is 0.816. The lowest BCUT2D eigenvalue weighted by Crippen LogP contribution is -2.39. The Morgan fingerprint density at radius 3 is 2.61 bits per heavy atom. The monoisotopic (exact) mass is 263 g/mol. The zero-order valence-electron chi connectivity index (χ0n) is 11.4. The summed E-state index contributed by atoms with van der Waals surface area (Å²) < 4.78 is 0. The molecule has 0 aromatic heterocycles. The molecule has 2 rings (SSSR count). The summed E-state index contributed by atoms with van der Waals surface area (Å²) in [5.41, 5.74) is 3.08. The van der Waals surface area contributed by atoms with Gasteiger partial charge in [0.2, 0.25) is 0 Å². The van der Waals surface area contributed by atoms with Gasteiger partial charge in [0.15, 0.2) is 0 Å². The van der Waals surface area contributed by atoms with Crippen LogP contribution in [-0.2, 0) is 0 Å². The van der Waals surface area contributed by atoms with Crippen molar-refractivity contribution < 1.29 is 4.79 Å². The van der Waals surface area contributed by atoms with E-state index < -0.39 is 0 Å². The number of aryl methyl sites for hydroxylation is 2. The number of carbonyl (C=O) groups is 1. The van der Waals surface area contributed by atoms with E-state index in [1.807, 2.05) is 49.7 Å². The van der Waals surface area contributed by atoms with Crippen LogP contribution in [0.2, 0.25) is 0 Å². The molecule has 0 unspecified atom stereocenters. The summed E-state index contributed by atoms with van der Waals surface area (Å²) >= 11 is 1.99. The molecule has 98 valence electrons. The van der Waals surface area contributed by atoms with Gasteiger partial charge in [-0.1, -0.05) is 17.7 Å². The minimum atomic E-state index is 0.174. The molecule has 1 fully saturated rings. The van der Waals surface area contributed by atoms with Crippen molar-refractivity contribution in [1.82, 2.24) is 4.90 Å². The van der Waals surface area contributed by atoms with E-state index >= 15 is 0 Å². The van der Waals surface area contributed by atoms with Gasteiger partial charge < -0.3 is 4.90 Å². The van der Waals surface area contributed by atoms with Crippen LogP contribution in [0.25, 0.3) is 0 Å². The summed E-state index contributed by atoms with van der Waals surface area (Å²) in [7, 11) is 1.95. The number of thioether (sulfide) groups is 1. The standard InChI is InChI=1S/C15H21NOS/c1-11-4-5-12(2)14(10-11)15(17)16(3)13-6-8-18-9-7-13/h4-5,10,13H,6-9H2,1-3H3. The summed E-state index contributed by atoms with van der Waals surface area (Å²) in [6.07, 6.45) is 2.25. The lowest BCUT2D eigenvalue weighted by Gasteiger charge is -2.31. The number of benzene rings is 1. The van der Waals surface area contributed by atoms with E-state index in [0.29, 0.717) is 6.04 Å². The molecule has 1 aliphatic rings. The topological polar surface area (TPSA) is 20.3 Å². The Kier molecular flexibility index (Phi) is 4.33. The molecule has 0 radical (unpaired) electrons. The summed E-state index contributed by atoms with van der Waals surface area (Å²) in [6.45, 7) is 4.05. The van der Waals surface area contributed by atoms with Crippen LogP contribution in [0.1, 0.15) is 34.3 Å². The van der Waals surface area contributed by atoms with Gasteiger partial charge in [-0.2, -0.15) is 11.8 Å². The Morgan fingerprint density at radius 1 is 1.28 bits per heavy atom. The van der Waals surface area contributed by atoms with Crippen LogP contribution in [0.15, 0.2) is 18.2 Å². The zero-order valence-corrected chi connectivity index (χ0v) is 12.2. The number of nitrogens with zero attached hydrogens (tertiary/aromatic N) is 1. The molecular formula is C15H21NOS. The highest BCUT2D eigenvalue weighted by molar-refractivity contribution is 7.99. The molecule has 1 heterocycles. The van der Waals surface area contributed by atoms with Gasteiger partial charge in [0.25, 0.3) is 5.91 Å². The molecular weight excluding hydrogens is 242 g/mol. The van der Waals surface area contributed by atoms with Gasteiger partial charge in [0, 0.05) is 18.7 Å². The maximum absolute atomic E-state index is 12.5. The number of hydrogen-bond acceptors (Lipinski definition) is 2. The van der Waals surface area contributed by atoms with Crippen molar-refractivity contribution in [3.63, 3.8) is 0 Å². The van der Waals surface area contributed by atoms with Crippen LogP contribution in [0.3, 0.4) is 0 Å². The maximum Gasteiger partial charge on any atom is 0.254 e. The van der Waals surface area contributed by atoms with Gasteiger partial charge in [0.05, 0.1) is 0 Å². The first-order valence-electron chi connectivity index (χ1n) is 6.52. The number of carbonyl (C=O) groups excluding carboxylic acids is 1. The van der Waals surface area contributed by atoms with Crippen molar-refractivity contribution in [1.29, 1.82) is 0 Å². The molecule has 18 heavy (non-hydrogen) atoms. The van der Waals surface area contributed by atoms with Crippen LogP contribution >= 0.6 is 11.8 Å². The molecule has 1 aromatic carbocycles. The Labute approximate surface area is 114 Å². The molecule has 0 bridgehead atoms. The van der Waals surface area contributed by atoms with E-state index in [9.17, 15) is 4.79 Å². The number of amides is 1. The summed E-state index contributed by atoms with van der Waals surface area (Å²) in [4.78, 5) is 14.5. The Bertz CT molecular complexity index is 438. The largest absolute Gasteiger partial charge is 0.339 e. The predicted molar refractivity (Wildman–Crippen MR) is 78.4 cm³/mol. The van der Waals surface area contributed by atoms with Crippen LogP contribution in [-0.4, -0.2) is 35.4 Å². The van der Waals surface area contributed by atoms with Crippen LogP contribution in [0.5, 0.6) is 0 Å². The molecule has 3 heteroatoms. The average molecular weight is 263 g/mol. The Morgan fingerprint density at radius 2 is 1.94 bits per heavy atom. The molecule has 1 saturated heterocycles. The SMILES string of the molecule is Cc1ccc(C)c(C(=O)N(C)C2CCSCC2)c1. The molecule has 0 spiro atoms. The minimum absolute atomic E-state index is 0.174. The first-order valence-corrected chi connectivity index (χ1v) is 7.67.